The van der Waals surface area contributed by atoms with Crippen molar-refractivity contribution in [1.82, 2.24) is 19.9 Å². The number of aryl methyl sites for hydroxylation is 1. The summed E-state index contributed by atoms with van der Waals surface area (Å²) in [4.78, 5) is 52.3. The second kappa shape index (κ2) is 10.8. The summed E-state index contributed by atoms with van der Waals surface area (Å²) < 4.78 is 1.45. The number of carbonyl (C=O) groups excluding carboxylic acids is 2. The molecule has 2 aromatic heterocycles. The number of rotatable bonds is 7. The molecule has 2 aliphatic carbocycles. The molecule has 0 amide bonds. The van der Waals surface area contributed by atoms with E-state index in [4.69, 9.17) is 4.98 Å². The summed E-state index contributed by atoms with van der Waals surface area (Å²) in [5, 5.41) is 7.29. The first kappa shape index (κ1) is 26.5. The topological polar surface area (TPSA) is 109 Å². The van der Waals surface area contributed by atoms with E-state index in [9.17, 15) is 14.4 Å². The van der Waals surface area contributed by atoms with Gasteiger partial charge in [-0.1, -0.05) is 24.3 Å². The fourth-order valence-electron chi connectivity index (χ4n) is 6.32. The molecule has 214 valence electrons. The standard InChI is InChI=1S/C33H34N6O3/c1-38(25-6-4-16-34-19-25)24-13-11-23(12-14-24)36-33-35-18-22-17-27(29(40)21-8-9-21)32(42)39(31(22)37-33)28-15-10-20-5-2-3-7-26(20)30(28)41/h2-3,5,7,11-14,17-18,21,25,28,34H,4,6,8-10,15-16,19H2,1H3,(H,35,36,37). The molecule has 2 N–H and O–H groups in total. The molecule has 42 heavy (non-hydrogen) atoms. The van der Waals surface area contributed by atoms with Crippen LogP contribution in [0.15, 0.2) is 65.6 Å². The average Bonchev–Trinajstić information content (AvgIpc) is 3.88. The number of ketones is 2. The van der Waals surface area contributed by atoms with Crippen LogP contribution in [0.25, 0.3) is 11.0 Å². The molecule has 1 saturated carbocycles. The van der Waals surface area contributed by atoms with Gasteiger partial charge in [0.05, 0.1) is 5.56 Å². The maximum absolute atomic E-state index is 13.9. The number of nitrogens with zero attached hydrogens (tertiary/aromatic N) is 4. The molecule has 0 radical (unpaired) electrons. The lowest BCUT2D eigenvalue weighted by Crippen LogP contribution is -2.44. The zero-order valence-corrected chi connectivity index (χ0v) is 23.7. The van der Waals surface area contributed by atoms with Gasteiger partial charge in [-0.25, -0.2) is 4.98 Å². The van der Waals surface area contributed by atoms with Crippen molar-refractivity contribution in [2.75, 3.05) is 30.4 Å². The Morgan fingerprint density at radius 2 is 1.86 bits per heavy atom. The lowest BCUT2D eigenvalue weighted by molar-refractivity contribution is 0.0903. The van der Waals surface area contributed by atoms with Crippen LogP contribution in [-0.2, 0) is 6.42 Å². The molecule has 2 fully saturated rings. The molecule has 2 unspecified atom stereocenters. The van der Waals surface area contributed by atoms with Gasteiger partial charge in [-0.3, -0.25) is 19.0 Å². The number of pyridine rings is 1. The highest BCUT2D eigenvalue weighted by molar-refractivity contribution is 6.04. The first-order chi connectivity index (χ1) is 20.5. The van der Waals surface area contributed by atoms with Gasteiger partial charge in [0.15, 0.2) is 11.6 Å². The monoisotopic (exact) mass is 562 g/mol. The summed E-state index contributed by atoms with van der Waals surface area (Å²) >= 11 is 0. The van der Waals surface area contributed by atoms with Crippen molar-refractivity contribution in [2.24, 2.45) is 5.92 Å². The quantitative estimate of drug-likeness (QED) is 0.313. The summed E-state index contributed by atoms with van der Waals surface area (Å²) in [5.41, 5.74) is 3.56. The number of likely N-dealkylation sites (N-methyl/N-ethyl adjacent to an activating group) is 1. The fourth-order valence-corrected chi connectivity index (χ4v) is 6.32. The molecule has 2 aromatic carbocycles. The number of Topliss-reactive ketones (excluding diaryl/α,β-unsaturated/α-hetero) is 2. The van der Waals surface area contributed by atoms with Gasteiger partial charge in [0.2, 0.25) is 5.95 Å². The second-order valence-corrected chi connectivity index (χ2v) is 11.7. The van der Waals surface area contributed by atoms with Crippen molar-refractivity contribution in [1.29, 1.82) is 0 Å². The Morgan fingerprint density at radius 1 is 1.05 bits per heavy atom. The minimum atomic E-state index is -0.742. The van der Waals surface area contributed by atoms with Crippen LogP contribution in [0.3, 0.4) is 0 Å². The number of hydrogen-bond donors (Lipinski definition) is 2. The van der Waals surface area contributed by atoms with Crippen LogP contribution < -0.4 is 21.1 Å². The second-order valence-electron chi connectivity index (χ2n) is 11.7. The normalized spacial score (nSPS) is 20.3. The third-order valence-electron chi connectivity index (χ3n) is 8.92. The summed E-state index contributed by atoms with van der Waals surface area (Å²) in [5.74, 6) is -0.0874. The lowest BCUT2D eigenvalue weighted by Gasteiger charge is -2.33. The highest BCUT2D eigenvalue weighted by atomic mass is 16.2. The molecule has 9 heteroatoms. The molecule has 0 bridgehead atoms. The Labute approximate surface area is 244 Å². The molecule has 1 aliphatic heterocycles. The van der Waals surface area contributed by atoms with E-state index in [0.29, 0.717) is 41.4 Å². The van der Waals surface area contributed by atoms with E-state index in [2.05, 4.69) is 39.7 Å². The number of nitrogens with one attached hydrogen (secondary N) is 2. The number of aromatic nitrogens is 3. The van der Waals surface area contributed by atoms with Crippen LogP contribution in [0.2, 0.25) is 0 Å². The van der Waals surface area contributed by atoms with E-state index in [1.54, 1.807) is 12.3 Å². The molecule has 3 heterocycles. The zero-order valence-electron chi connectivity index (χ0n) is 23.7. The van der Waals surface area contributed by atoms with Gasteiger partial charge >= 0.3 is 0 Å². The number of piperidine rings is 1. The summed E-state index contributed by atoms with van der Waals surface area (Å²) in [7, 11) is 2.12. The molecule has 0 spiro atoms. The Morgan fingerprint density at radius 3 is 2.62 bits per heavy atom. The molecular weight excluding hydrogens is 528 g/mol. The van der Waals surface area contributed by atoms with Gasteiger partial charge in [0, 0.05) is 54.1 Å². The highest BCUT2D eigenvalue weighted by Gasteiger charge is 2.36. The van der Waals surface area contributed by atoms with Crippen molar-refractivity contribution in [2.45, 2.75) is 50.6 Å². The lowest BCUT2D eigenvalue weighted by atomic mass is 9.86. The molecular formula is C33H34N6O3. The van der Waals surface area contributed by atoms with Crippen LogP contribution >= 0.6 is 0 Å². The predicted octanol–water partition coefficient (Wildman–Crippen LogP) is 4.69. The summed E-state index contributed by atoms with van der Waals surface area (Å²) in [6.07, 6.45) is 6.67. The Balaban J connectivity index is 1.24. The predicted molar refractivity (Wildman–Crippen MR) is 163 cm³/mol. The zero-order chi connectivity index (χ0) is 28.8. The maximum atomic E-state index is 13.9. The Bertz CT molecular complexity index is 1740. The third kappa shape index (κ3) is 4.87. The SMILES string of the molecule is CN(c1ccc(Nc2ncc3cc(C(=O)C4CC4)c(=O)n(C4CCc5ccccc5C4=O)c3n2)cc1)C1CCCNC1. The van der Waals surface area contributed by atoms with Crippen molar-refractivity contribution >= 4 is 39.9 Å². The van der Waals surface area contributed by atoms with Crippen molar-refractivity contribution in [3.63, 3.8) is 0 Å². The third-order valence-corrected chi connectivity index (χ3v) is 8.92. The molecule has 9 nitrogen and oxygen atoms in total. The van der Waals surface area contributed by atoms with Gasteiger partial charge in [-0.05, 0) is 81.0 Å². The summed E-state index contributed by atoms with van der Waals surface area (Å²) in [6.45, 7) is 2.05. The van der Waals surface area contributed by atoms with Gasteiger partial charge in [0.1, 0.15) is 11.7 Å². The maximum Gasteiger partial charge on any atom is 0.263 e. The Kier molecular flexibility index (Phi) is 6.82. The first-order valence-corrected chi connectivity index (χ1v) is 14.9. The van der Waals surface area contributed by atoms with Crippen molar-refractivity contribution < 1.29 is 9.59 Å². The first-order valence-electron chi connectivity index (χ1n) is 14.9. The van der Waals surface area contributed by atoms with E-state index in [1.165, 1.54) is 17.4 Å². The van der Waals surface area contributed by atoms with Crippen molar-refractivity contribution in [3.05, 3.63) is 87.8 Å². The minimum Gasteiger partial charge on any atom is -0.370 e. The highest BCUT2D eigenvalue weighted by Crippen LogP contribution is 2.34. The van der Waals surface area contributed by atoms with Crippen LogP contribution in [-0.4, -0.2) is 52.3 Å². The van der Waals surface area contributed by atoms with Crippen molar-refractivity contribution in [3.8, 4) is 0 Å². The van der Waals surface area contributed by atoms with Crippen LogP contribution in [0.5, 0.6) is 0 Å². The van der Waals surface area contributed by atoms with Gasteiger partial charge < -0.3 is 15.5 Å². The van der Waals surface area contributed by atoms with Crippen LogP contribution in [0.4, 0.5) is 17.3 Å². The molecule has 4 aromatic rings. The number of hydrogen-bond acceptors (Lipinski definition) is 8. The largest absolute Gasteiger partial charge is 0.370 e. The van der Waals surface area contributed by atoms with E-state index >= 15 is 0 Å². The Hall–Kier alpha value is -4.37. The fraction of sp³-hybridized carbons (Fsp3) is 0.364. The van der Waals surface area contributed by atoms with E-state index in [0.717, 1.165) is 42.9 Å². The van der Waals surface area contributed by atoms with E-state index in [-0.39, 0.29) is 23.0 Å². The summed E-state index contributed by atoms with van der Waals surface area (Å²) in [6, 6.07) is 17.0. The van der Waals surface area contributed by atoms with Gasteiger partial charge in [-0.2, -0.15) is 4.98 Å². The molecule has 3 aliphatic rings. The van der Waals surface area contributed by atoms with Gasteiger partial charge in [0.25, 0.3) is 5.56 Å². The van der Waals surface area contributed by atoms with Crippen LogP contribution in [0, 0.1) is 5.92 Å². The number of anilines is 3. The molecule has 7 rings (SSSR count). The minimum absolute atomic E-state index is 0.119. The average molecular weight is 563 g/mol. The number of carbonyl (C=O) groups is 2. The molecule has 2 atom stereocenters. The number of benzene rings is 2. The smallest absolute Gasteiger partial charge is 0.263 e. The van der Waals surface area contributed by atoms with E-state index in [1.807, 2.05) is 36.4 Å². The van der Waals surface area contributed by atoms with E-state index < -0.39 is 11.6 Å². The van der Waals surface area contributed by atoms with Crippen LogP contribution in [0.1, 0.15) is 64.4 Å². The number of fused-ring (bicyclic) bond motifs is 2. The molecule has 1 saturated heterocycles. The van der Waals surface area contributed by atoms with Gasteiger partial charge in [-0.15, -0.1) is 0 Å².